The predicted molar refractivity (Wildman–Crippen MR) is 65.0 cm³/mol. The Hall–Kier alpha value is -0.673. The van der Waals surface area contributed by atoms with E-state index in [2.05, 4.69) is 17.1 Å². The van der Waals surface area contributed by atoms with Gasteiger partial charge in [-0.3, -0.25) is 4.98 Å². The predicted octanol–water partition coefficient (Wildman–Crippen LogP) is 1.28. The third-order valence-corrected chi connectivity index (χ3v) is 4.48. The van der Waals surface area contributed by atoms with Gasteiger partial charge in [0.25, 0.3) is 0 Å². The molecule has 3 heteroatoms. The van der Waals surface area contributed by atoms with Crippen molar-refractivity contribution in [2.45, 2.75) is 37.3 Å². The Labute approximate surface area is 94.5 Å². The second-order valence-corrected chi connectivity index (χ2v) is 6.40. The average molecular weight is 221 g/mol. The number of pyridine rings is 1. The molecule has 1 aliphatic heterocycles. The van der Waals surface area contributed by atoms with Crippen molar-refractivity contribution >= 4 is 10.2 Å². The Bertz CT molecular complexity index is 296. The van der Waals surface area contributed by atoms with Crippen LogP contribution < -0.4 is 0 Å². The summed E-state index contributed by atoms with van der Waals surface area (Å²) >= 11 is 0. The molecule has 1 fully saturated rings. The molecule has 0 radical (unpaired) electrons. The van der Waals surface area contributed by atoms with Crippen molar-refractivity contribution in [1.29, 1.82) is 0 Å². The zero-order chi connectivity index (χ0) is 10.6. The maximum absolute atomic E-state index is 5.92. The van der Waals surface area contributed by atoms with E-state index in [1.54, 1.807) is 0 Å². The lowest BCUT2D eigenvalue weighted by molar-refractivity contribution is -0.0224. The highest BCUT2D eigenvalue weighted by Crippen LogP contribution is 2.26. The maximum Gasteiger partial charge on any atom is 0.0489 e. The molecule has 1 atom stereocenters. The van der Waals surface area contributed by atoms with Crippen LogP contribution in [0.2, 0.25) is 0 Å². The van der Waals surface area contributed by atoms with Gasteiger partial charge in [-0.25, -0.2) is 0 Å². The van der Waals surface area contributed by atoms with Gasteiger partial charge in [-0.15, -0.1) is 0 Å². The minimum atomic E-state index is 0.232. The lowest BCUT2D eigenvalue weighted by Crippen LogP contribution is -2.37. The number of aryl methyl sites for hydroxylation is 1. The average Bonchev–Trinajstić information content (AvgIpc) is 2.29. The van der Waals surface area contributed by atoms with E-state index in [-0.39, 0.29) is 5.22 Å². The van der Waals surface area contributed by atoms with Crippen molar-refractivity contribution in [3.05, 3.63) is 30.1 Å². The Kier molecular flexibility index (Phi) is 3.54. The number of hydrogen-bond donors (Lipinski definition) is 0. The van der Waals surface area contributed by atoms with E-state index in [1.807, 2.05) is 12.3 Å². The topological polar surface area (TPSA) is 22.1 Å². The minimum absolute atomic E-state index is 0.232. The molecule has 2 rings (SSSR count). The first kappa shape index (κ1) is 10.8. The molecule has 1 saturated heterocycles. The molecule has 1 aromatic heterocycles. The van der Waals surface area contributed by atoms with Gasteiger partial charge < -0.3 is 4.74 Å². The van der Waals surface area contributed by atoms with Crippen molar-refractivity contribution in [2.24, 2.45) is 0 Å². The van der Waals surface area contributed by atoms with Gasteiger partial charge in [-0.05, 0) is 44.2 Å². The van der Waals surface area contributed by atoms with Gasteiger partial charge in [0, 0.05) is 34.0 Å². The highest BCUT2D eigenvalue weighted by Gasteiger charge is 2.27. The minimum Gasteiger partial charge on any atom is -0.380 e. The Balaban J connectivity index is 1.87. The molecular weight excluding hydrogens is 202 g/mol. The van der Waals surface area contributed by atoms with Crippen LogP contribution in [0.1, 0.15) is 31.4 Å². The summed E-state index contributed by atoms with van der Waals surface area (Å²) in [4.78, 5) is 4.35. The second-order valence-electron chi connectivity index (χ2n) is 4.58. The zero-order valence-electron chi connectivity index (χ0n) is 9.41. The fourth-order valence-electron chi connectivity index (χ4n) is 2.13. The largest absolute Gasteiger partial charge is 0.380 e. The quantitative estimate of drug-likeness (QED) is 0.717. The maximum atomic E-state index is 5.92. The van der Waals surface area contributed by atoms with Crippen molar-refractivity contribution in [1.82, 2.24) is 4.98 Å². The number of ether oxygens (including phenoxy) is 1. The molecule has 0 aromatic carbocycles. The summed E-state index contributed by atoms with van der Waals surface area (Å²) in [6.45, 7) is 0.964. The van der Waals surface area contributed by atoms with E-state index < -0.39 is 0 Å². The highest BCUT2D eigenvalue weighted by molar-refractivity contribution is 6.14. The van der Waals surface area contributed by atoms with Crippen LogP contribution in [0.25, 0.3) is 0 Å². The first-order valence-corrected chi connectivity index (χ1v) is 6.82. The molecule has 2 nitrogen and oxygen atoms in total. The van der Waals surface area contributed by atoms with E-state index in [0.717, 1.165) is 29.7 Å². The van der Waals surface area contributed by atoms with Gasteiger partial charge in [0.1, 0.15) is 0 Å². The Morgan fingerprint density at radius 2 is 2.33 bits per heavy atom. The van der Waals surface area contributed by atoms with Gasteiger partial charge in [0.05, 0.1) is 0 Å². The van der Waals surface area contributed by atoms with Crippen LogP contribution in [-0.2, 0) is 11.2 Å². The van der Waals surface area contributed by atoms with Crippen LogP contribution in [0.15, 0.2) is 24.4 Å². The summed E-state index contributed by atoms with van der Waals surface area (Å²) in [5.74, 6) is 0. The van der Waals surface area contributed by atoms with Crippen LogP contribution in [0.5, 0.6) is 0 Å². The summed E-state index contributed by atoms with van der Waals surface area (Å²) in [6.07, 6.45) is 7.92. The molecule has 2 heterocycles. The first-order valence-electron chi connectivity index (χ1n) is 5.82. The normalized spacial score (nSPS) is 26.7. The lowest BCUT2D eigenvalue weighted by atomic mass is 10.0. The van der Waals surface area contributed by atoms with Crippen LogP contribution in [0, 0.1) is 0 Å². The SMILES string of the molecule is [SiH3]C1(CCc2ccccn2)CCCCO1. The molecular formula is C12H19NOSi. The third-order valence-electron chi connectivity index (χ3n) is 3.19. The fraction of sp³-hybridized carbons (Fsp3) is 0.583. The molecule has 1 aliphatic rings. The molecule has 0 N–H and O–H groups in total. The van der Waals surface area contributed by atoms with Crippen LogP contribution in [0.3, 0.4) is 0 Å². The summed E-state index contributed by atoms with van der Waals surface area (Å²) in [7, 11) is 1.14. The molecule has 0 saturated carbocycles. The van der Waals surface area contributed by atoms with E-state index in [9.17, 15) is 0 Å². The van der Waals surface area contributed by atoms with Gasteiger partial charge in [0.15, 0.2) is 0 Å². The molecule has 0 aliphatic carbocycles. The van der Waals surface area contributed by atoms with E-state index in [1.165, 1.54) is 25.0 Å². The van der Waals surface area contributed by atoms with Gasteiger partial charge >= 0.3 is 0 Å². The zero-order valence-corrected chi connectivity index (χ0v) is 11.4. The Morgan fingerprint density at radius 1 is 1.40 bits per heavy atom. The number of hydrogen-bond acceptors (Lipinski definition) is 2. The van der Waals surface area contributed by atoms with Gasteiger partial charge in [-0.1, -0.05) is 6.07 Å². The standard InChI is InChI=1S/C12H19NOSi/c15-12(7-2-4-10-14-12)8-6-11-5-1-3-9-13-11/h1,3,5,9H,2,4,6-8,10H2,15H3. The first-order chi connectivity index (χ1) is 7.29. The van der Waals surface area contributed by atoms with E-state index in [4.69, 9.17) is 4.74 Å². The second kappa shape index (κ2) is 4.90. The van der Waals surface area contributed by atoms with Crippen molar-refractivity contribution in [3.63, 3.8) is 0 Å². The number of aromatic nitrogens is 1. The molecule has 1 aromatic rings. The molecule has 0 bridgehead atoms. The number of rotatable bonds is 3. The van der Waals surface area contributed by atoms with Crippen LogP contribution in [-0.4, -0.2) is 27.1 Å². The molecule has 15 heavy (non-hydrogen) atoms. The molecule has 0 amide bonds. The van der Waals surface area contributed by atoms with Gasteiger partial charge in [-0.2, -0.15) is 0 Å². The fourth-order valence-corrected chi connectivity index (χ4v) is 2.94. The third kappa shape index (κ3) is 3.14. The smallest absolute Gasteiger partial charge is 0.0489 e. The monoisotopic (exact) mass is 221 g/mol. The van der Waals surface area contributed by atoms with Gasteiger partial charge in [0.2, 0.25) is 0 Å². The molecule has 82 valence electrons. The van der Waals surface area contributed by atoms with Crippen molar-refractivity contribution < 1.29 is 4.74 Å². The van der Waals surface area contributed by atoms with Crippen LogP contribution >= 0.6 is 0 Å². The van der Waals surface area contributed by atoms with E-state index >= 15 is 0 Å². The summed E-state index contributed by atoms with van der Waals surface area (Å²) in [6, 6.07) is 6.13. The summed E-state index contributed by atoms with van der Waals surface area (Å²) < 4.78 is 5.92. The molecule has 0 spiro atoms. The highest BCUT2D eigenvalue weighted by atomic mass is 28.1. The lowest BCUT2D eigenvalue weighted by Gasteiger charge is -2.34. The summed E-state index contributed by atoms with van der Waals surface area (Å²) in [5, 5.41) is 0.232. The Morgan fingerprint density at radius 3 is 3.00 bits per heavy atom. The van der Waals surface area contributed by atoms with Crippen molar-refractivity contribution in [3.8, 4) is 0 Å². The number of nitrogens with zero attached hydrogens (tertiary/aromatic N) is 1. The van der Waals surface area contributed by atoms with Crippen molar-refractivity contribution in [2.75, 3.05) is 6.61 Å². The van der Waals surface area contributed by atoms with E-state index in [0.29, 0.717) is 0 Å². The molecule has 1 unspecified atom stereocenters. The summed E-state index contributed by atoms with van der Waals surface area (Å²) in [5.41, 5.74) is 1.20. The van der Waals surface area contributed by atoms with Crippen LogP contribution in [0.4, 0.5) is 0 Å².